The molecule has 1 aromatic heterocycles. The summed E-state index contributed by atoms with van der Waals surface area (Å²) < 4.78 is 0. The summed E-state index contributed by atoms with van der Waals surface area (Å²) in [6.07, 6.45) is 0. The van der Waals surface area contributed by atoms with Crippen LogP contribution in [0, 0.1) is 0 Å². The quantitative estimate of drug-likeness (QED) is 0.186. The van der Waals surface area contributed by atoms with Gasteiger partial charge in [0, 0.05) is 22.1 Å². The lowest BCUT2D eigenvalue weighted by atomic mass is 9.80. The summed E-state index contributed by atoms with van der Waals surface area (Å²) in [5.74, 6) is 2.00. The summed E-state index contributed by atoms with van der Waals surface area (Å²) in [4.78, 5) is 15.5. The third-order valence-electron chi connectivity index (χ3n) is 10.7. The highest BCUT2D eigenvalue weighted by Gasteiger charge is 2.35. The van der Waals surface area contributed by atoms with E-state index >= 15 is 0 Å². The Bertz CT molecular complexity index is 2650. The first-order valence-corrected chi connectivity index (χ1v) is 17.5. The predicted octanol–water partition coefficient (Wildman–Crippen LogP) is 12.2. The zero-order valence-electron chi connectivity index (χ0n) is 28.4. The maximum Gasteiger partial charge on any atom is 0.164 e. The monoisotopic (exact) mass is 651 g/mol. The second-order valence-corrected chi connectivity index (χ2v) is 14.1. The second kappa shape index (κ2) is 11.3. The summed E-state index contributed by atoms with van der Waals surface area (Å²) in [6, 6.07) is 58.4. The van der Waals surface area contributed by atoms with Gasteiger partial charge in [-0.25, -0.2) is 15.0 Å². The van der Waals surface area contributed by atoms with E-state index in [1.54, 1.807) is 0 Å². The third-order valence-corrected chi connectivity index (χ3v) is 10.7. The maximum atomic E-state index is 5.18. The molecule has 1 heterocycles. The number of hydrogen-bond acceptors (Lipinski definition) is 3. The van der Waals surface area contributed by atoms with Crippen LogP contribution < -0.4 is 0 Å². The van der Waals surface area contributed by atoms with E-state index < -0.39 is 0 Å². The molecule has 0 fully saturated rings. The van der Waals surface area contributed by atoms with Crippen LogP contribution in [-0.4, -0.2) is 15.0 Å². The fraction of sp³-hybridized carbons (Fsp3) is 0.0625. The molecule has 7 aromatic carbocycles. The average molecular weight is 652 g/mol. The molecule has 0 saturated carbocycles. The number of fused-ring (bicyclic) bond motifs is 7. The molecule has 0 N–H and O–H groups in total. The summed E-state index contributed by atoms with van der Waals surface area (Å²) in [5.41, 5.74) is 17.8. The fourth-order valence-corrected chi connectivity index (χ4v) is 7.96. The van der Waals surface area contributed by atoms with Crippen LogP contribution >= 0.6 is 0 Å². The fourth-order valence-electron chi connectivity index (χ4n) is 7.96. The Labute approximate surface area is 298 Å². The molecule has 0 spiro atoms. The van der Waals surface area contributed by atoms with Gasteiger partial charge in [-0.05, 0) is 85.0 Å². The molecule has 51 heavy (non-hydrogen) atoms. The lowest BCUT2D eigenvalue weighted by Gasteiger charge is -2.24. The average Bonchev–Trinajstić information content (AvgIpc) is 3.42. The molecular formula is C48H33N3. The van der Waals surface area contributed by atoms with E-state index in [9.17, 15) is 0 Å². The minimum Gasteiger partial charge on any atom is -0.208 e. The summed E-state index contributed by atoms with van der Waals surface area (Å²) in [6.45, 7) is 4.62. The highest BCUT2D eigenvalue weighted by molar-refractivity contribution is 6.03. The Morgan fingerprint density at radius 3 is 1.43 bits per heavy atom. The third kappa shape index (κ3) is 4.77. The van der Waals surface area contributed by atoms with E-state index in [-0.39, 0.29) is 5.41 Å². The standard InChI is InChI=1S/C48H33N3/c1-48(2)43-18-9-8-17-40(43)41-26-24-36(29-44(41)48)47-50-45(49-46(51-47)35-23-25-39-37-15-6-7-16-38(37)42(39)28-35)34-14-10-13-33(27-34)32-21-19-31(20-22-32)30-11-4-3-5-12-30/h3-29H,1-2H3. The van der Waals surface area contributed by atoms with E-state index in [4.69, 9.17) is 15.0 Å². The Kier molecular flexibility index (Phi) is 6.53. The number of aromatic nitrogens is 3. The van der Waals surface area contributed by atoms with E-state index in [0.29, 0.717) is 17.5 Å². The van der Waals surface area contributed by atoms with Crippen molar-refractivity contribution in [2.45, 2.75) is 19.3 Å². The van der Waals surface area contributed by atoms with Crippen molar-refractivity contribution in [2.24, 2.45) is 0 Å². The molecule has 240 valence electrons. The second-order valence-electron chi connectivity index (χ2n) is 14.1. The highest BCUT2D eigenvalue weighted by atomic mass is 15.0. The summed E-state index contributed by atoms with van der Waals surface area (Å²) in [5, 5.41) is 0. The van der Waals surface area contributed by atoms with Crippen molar-refractivity contribution in [2.75, 3.05) is 0 Å². The predicted molar refractivity (Wildman–Crippen MR) is 209 cm³/mol. The molecule has 0 radical (unpaired) electrons. The van der Waals surface area contributed by atoms with Crippen LogP contribution in [0.4, 0.5) is 0 Å². The molecule has 2 aliphatic carbocycles. The lowest BCUT2D eigenvalue weighted by Crippen LogP contribution is -2.15. The van der Waals surface area contributed by atoms with Crippen LogP contribution in [0.3, 0.4) is 0 Å². The van der Waals surface area contributed by atoms with Gasteiger partial charge in [-0.1, -0.05) is 159 Å². The van der Waals surface area contributed by atoms with Gasteiger partial charge in [-0.3, -0.25) is 0 Å². The minimum atomic E-state index is -0.125. The van der Waals surface area contributed by atoms with Crippen LogP contribution in [0.1, 0.15) is 25.0 Å². The van der Waals surface area contributed by atoms with E-state index in [2.05, 4.69) is 172 Å². The van der Waals surface area contributed by atoms with Crippen LogP contribution in [0.25, 0.3) is 89.8 Å². The van der Waals surface area contributed by atoms with Crippen molar-refractivity contribution in [3.63, 3.8) is 0 Å². The molecule has 0 atom stereocenters. The Morgan fingerprint density at radius 2 is 0.725 bits per heavy atom. The van der Waals surface area contributed by atoms with Gasteiger partial charge >= 0.3 is 0 Å². The van der Waals surface area contributed by atoms with Crippen molar-refractivity contribution in [1.29, 1.82) is 0 Å². The molecule has 8 aromatic rings. The molecule has 0 bridgehead atoms. The van der Waals surface area contributed by atoms with Gasteiger partial charge in [-0.15, -0.1) is 0 Å². The topological polar surface area (TPSA) is 38.7 Å². The zero-order valence-corrected chi connectivity index (χ0v) is 28.4. The SMILES string of the molecule is CC1(C)c2ccccc2-c2ccc(-c3nc(-c4cccc(-c5ccc(-c6ccccc6)cc5)c4)nc(-c4ccc5c(c4)-c4ccccc4-5)n3)cc21. The molecule has 0 aliphatic heterocycles. The van der Waals surface area contributed by atoms with Gasteiger partial charge < -0.3 is 0 Å². The summed E-state index contributed by atoms with van der Waals surface area (Å²) in [7, 11) is 0. The summed E-state index contributed by atoms with van der Waals surface area (Å²) >= 11 is 0. The molecule has 0 saturated heterocycles. The molecule has 2 aliphatic rings. The van der Waals surface area contributed by atoms with E-state index in [1.807, 2.05) is 6.07 Å². The Morgan fingerprint density at radius 1 is 0.294 bits per heavy atom. The Hall–Kier alpha value is -6.45. The number of hydrogen-bond donors (Lipinski definition) is 0. The van der Waals surface area contributed by atoms with Gasteiger partial charge in [0.25, 0.3) is 0 Å². The molecule has 10 rings (SSSR count). The normalized spacial score (nSPS) is 13.1. The van der Waals surface area contributed by atoms with Gasteiger partial charge in [0.1, 0.15) is 0 Å². The van der Waals surface area contributed by atoms with Gasteiger partial charge in [0.05, 0.1) is 0 Å². The molecule has 0 unspecified atom stereocenters. The minimum absolute atomic E-state index is 0.125. The van der Waals surface area contributed by atoms with Crippen LogP contribution in [0.15, 0.2) is 164 Å². The first-order valence-electron chi connectivity index (χ1n) is 17.5. The van der Waals surface area contributed by atoms with Gasteiger partial charge in [0.2, 0.25) is 0 Å². The first kappa shape index (κ1) is 29.5. The van der Waals surface area contributed by atoms with Crippen molar-refractivity contribution >= 4 is 0 Å². The molecular weight excluding hydrogens is 619 g/mol. The van der Waals surface area contributed by atoms with Crippen LogP contribution in [0.5, 0.6) is 0 Å². The van der Waals surface area contributed by atoms with Crippen LogP contribution in [0.2, 0.25) is 0 Å². The van der Waals surface area contributed by atoms with Crippen molar-refractivity contribution < 1.29 is 0 Å². The zero-order chi connectivity index (χ0) is 34.1. The van der Waals surface area contributed by atoms with Gasteiger partial charge in [-0.2, -0.15) is 0 Å². The smallest absolute Gasteiger partial charge is 0.164 e. The number of benzene rings is 7. The Balaban J connectivity index is 1.09. The molecule has 3 heteroatoms. The highest BCUT2D eigenvalue weighted by Crippen LogP contribution is 2.50. The van der Waals surface area contributed by atoms with Crippen LogP contribution in [-0.2, 0) is 5.41 Å². The van der Waals surface area contributed by atoms with E-state index in [0.717, 1.165) is 27.8 Å². The van der Waals surface area contributed by atoms with Crippen molar-refractivity contribution in [1.82, 2.24) is 15.0 Å². The lowest BCUT2D eigenvalue weighted by molar-refractivity contribution is 0.660. The molecule has 0 amide bonds. The molecule has 3 nitrogen and oxygen atoms in total. The van der Waals surface area contributed by atoms with Crippen molar-refractivity contribution in [3.8, 4) is 89.8 Å². The number of nitrogens with zero attached hydrogens (tertiary/aromatic N) is 3. The maximum absolute atomic E-state index is 5.18. The largest absolute Gasteiger partial charge is 0.208 e. The van der Waals surface area contributed by atoms with E-state index in [1.165, 1.54) is 55.6 Å². The van der Waals surface area contributed by atoms with Gasteiger partial charge in [0.15, 0.2) is 17.5 Å². The number of rotatable bonds is 5. The first-order chi connectivity index (χ1) is 25.0. The van der Waals surface area contributed by atoms with Crippen molar-refractivity contribution in [3.05, 3.63) is 175 Å².